The highest BCUT2D eigenvalue weighted by Gasteiger charge is 2.06. The van der Waals surface area contributed by atoms with E-state index in [9.17, 15) is 4.79 Å². The van der Waals surface area contributed by atoms with Gasteiger partial charge in [-0.15, -0.1) is 0 Å². The number of carbonyl (C=O) groups excluding carboxylic acids is 1. The zero-order valence-electron chi connectivity index (χ0n) is 14.8. The van der Waals surface area contributed by atoms with Gasteiger partial charge >= 0.3 is 5.97 Å². The molecule has 0 bridgehead atoms. The lowest BCUT2D eigenvalue weighted by Gasteiger charge is -2.09. The van der Waals surface area contributed by atoms with Crippen molar-refractivity contribution in [1.82, 2.24) is 0 Å². The van der Waals surface area contributed by atoms with Crippen LogP contribution < -0.4 is 9.47 Å². The Morgan fingerprint density at radius 2 is 1.68 bits per heavy atom. The molecule has 0 radical (unpaired) electrons. The van der Waals surface area contributed by atoms with Gasteiger partial charge in [0.25, 0.3) is 0 Å². The average molecular weight is 341 g/mol. The van der Waals surface area contributed by atoms with Crippen molar-refractivity contribution in [3.8, 4) is 11.5 Å². The fourth-order valence-electron chi connectivity index (χ4n) is 2.08. The Kier molecular flexibility index (Phi) is 7.01. The number of hydrogen-bond donors (Lipinski definition) is 0. The van der Waals surface area contributed by atoms with Crippen LogP contribution in [0.4, 0.5) is 0 Å². The molecule has 5 heteroatoms. The van der Waals surface area contributed by atoms with E-state index in [1.54, 1.807) is 39.3 Å². The van der Waals surface area contributed by atoms with Gasteiger partial charge in [-0.05, 0) is 61.4 Å². The minimum Gasteiger partial charge on any atom is -0.497 e. The van der Waals surface area contributed by atoms with Crippen molar-refractivity contribution in [2.24, 2.45) is 4.99 Å². The van der Waals surface area contributed by atoms with Crippen molar-refractivity contribution >= 4 is 12.2 Å². The molecule has 25 heavy (non-hydrogen) atoms. The second kappa shape index (κ2) is 9.47. The summed E-state index contributed by atoms with van der Waals surface area (Å²) in [4.78, 5) is 15.9. The highest BCUT2D eigenvalue weighted by Crippen LogP contribution is 2.13. The van der Waals surface area contributed by atoms with Crippen molar-refractivity contribution in [2.45, 2.75) is 26.5 Å². The molecule has 0 aliphatic carbocycles. The summed E-state index contributed by atoms with van der Waals surface area (Å²) in [5.41, 5.74) is 2.08. The molecule has 0 heterocycles. The first-order chi connectivity index (χ1) is 12.1. The lowest BCUT2D eigenvalue weighted by atomic mass is 10.2. The average Bonchev–Trinajstić information content (AvgIpc) is 2.61. The maximum atomic E-state index is 11.4. The third-order valence-corrected chi connectivity index (χ3v) is 3.28. The normalized spacial score (nSPS) is 10.9. The standard InChI is InChI=1S/C20H23NO4/c1-15(2)25-20(22)14-24-19-10-6-17(7-11-19)13-21-12-16-4-8-18(23-3)9-5-16/h4-11,13,15H,12,14H2,1-3H3. The SMILES string of the molecule is COc1ccc(CN=Cc2ccc(OCC(=O)OC(C)C)cc2)cc1. The summed E-state index contributed by atoms with van der Waals surface area (Å²) in [5.74, 6) is 1.08. The minimum absolute atomic E-state index is 0.0942. The predicted octanol–water partition coefficient (Wildman–Crippen LogP) is 3.64. The molecule has 2 aromatic carbocycles. The zero-order valence-corrected chi connectivity index (χ0v) is 14.8. The molecule has 2 aromatic rings. The molecule has 0 saturated heterocycles. The number of nitrogens with zero attached hydrogens (tertiary/aromatic N) is 1. The van der Waals surface area contributed by atoms with Crippen LogP contribution in [0.1, 0.15) is 25.0 Å². The molecule has 0 aliphatic rings. The number of ether oxygens (including phenoxy) is 3. The van der Waals surface area contributed by atoms with E-state index in [4.69, 9.17) is 14.2 Å². The van der Waals surface area contributed by atoms with Crippen LogP contribution in [-0.2, 0) is 16.1 Å². The maximum absolute atomic E-state index is 11.4. The van der Waals surface area contributed by atoms with Gasteiger partial charge in [0.2, 0.25) is 0 Å². The maximum Gasteiger partial charge on any atom is 0.344 e. The number of aliphatic imine (C=N–C) groups is 1. The first kappa shape index (κ1) is 18.5. The van der Waals surface area contributed by atoms with E-state index in [1.165, 1.54) is 0 Å². The second-order valence-corrected chi connectivity index (χ2v) is 5.71. The summed E-state index contributed by atoms with van der Waals surface area (Å²) < 4.78 is 15.5. The third-order valence-electron chi connectivity index (χ3n) is 3.28. The molecule has 0 aliphatic heterocycles. The summed E-state index contributed by atoms with van der Waals surface area (Å²) >= 11 is 0. The first-order valence-electron chi connectivity index (χ1n) is 8.12. The smallest absolute Gasteiger partial charge is 0.344 e. The molecular weight excluding hydrogens is 318 g/mol. The van der Waals surface area contributed by atoms with Crippen LogP contribution in [0.25, 0.3) is 0 Å². The number of carbonyl (C=O) groups is 1. The first-order valence-corrected chi connectivity index (χ1v) is 8.12. The van der Waals surface area contributed by atoms with E-state index in [-0.39, 0.29) is 18.7 Å². The Labute approximate surface area is 148 Å². The van der Waals surface area contributed by atoms with Crippen molar-refractivity contribution in [1.29, 1.82) is 0 Å². The molecule has 2 rings (SSSR count). The molecule has 0 amide bonds. The van der Waals surface area contributed by atoms with Gasteiger partial charge in [0.15, 0.2) is 6.61 Å². The monoisotopic (exact) mass is 341 g/mol. The Bertz CT molecular complexity index is 691. The zero-order chi connectivity index (χ0) is 18.1. The Balaban J connectivity index is 1.81. The summed E-state index contributed by atoms with van der Waals surface area (Å²) in [7, 11) is 1.65. The molecule has 0 saturated carbocycles. The van der Waals surface area contributed by atoms with Gasteiger partial charge in [-0.25, -0.2) is 4.79 Å². The summed E-state index contributed by atoms with van der Waals surface area (Å²) in [6, 6.07) is 15.2. The van der Waals surface area contributed by atoms with E-state index in [0.717, 1.165) is 16.9 Å². The fourth-order valence-corrected chi connectivity index (χ4v) is 2.08. The highest BCUT2D eigenvalue weighted by molar-refractivity contribution is 5.79. The molecule has 0 fully saturated rings. The predicted molar refractivity (Wildman–Crippen MR) is 97.5 cm³/mol. The molecule has 0 spiro atoms. The Hall–Kier alpha value is -2.82. The van der Waals surface area contributed by atoms with Gasteiger partial charge in [-0.1, -0.05) is 12.1 Å². The topological polar surface area (TPSA) is 57.1 Å². The Morgan fingerprint density at radius 3 is 2.28 bits per heavy atom. The molecular formula is C20H23NO4. The molecule has 0 N–H and O–H groups in total. The van der Waals surface area contributed by atoms with Gasteiger partial charge in [0.1, 0.15) is 11.5 Å². The van der Waals surface area contributed by atoms with Crippen LogP contribution in [-0.4, -0.2) is 32.0 Å². The number of methoxy groups -OCH3 is 1. The van der Waals surface area contributed by atoms with Gasteiger partial charge in [0.05, 0.1) is 19.8 Å². The van der Waals surface area contributed by atoms with Crippen molar-refractivity contribution in [2.75, 3.05) is 13.7 Å². The summed E-state index contributed by atoms with van der Waals surface area (Å²) in [5, 5.41) is 0. The lowest BCUT2D eigenvalue weighted by Crippen LogP contribution is -2.18. The second-order valence-electron chi connectivity index (χ2n) is 5.71. The van der Waals surface area contributed by atoms with Crippen molar-refractivity contribution < 1.29 is 19.0 Å². The van der Waals surface area contributed by atoms with Crippen molar-refractivity contribution in [3.05, 3.63) is 59.7 Å². The fraction of sp³-hybridized carbons (Fsp3) is 0.300. The van der Waals surface area contributed by atoms with E-state index in [2.05, 4.69) is 4.99 Å². The van der Waals surface area contributed by atoms with Crippen molar-refractivity contribution in [3.63, 3.8) is 0 Å². The van der Waals surface area contributed by atoms with Gasteiger partial charge < -0.3 is 14.2 Å². The van der Waals surface area contributed by atoms with Crippen LogP contribution in [0.15, 0.2) is 53.5 Å². The van der Waals surface area contributed by atoms with Crippen LogP contribution in [0.3, 0.4) is 0 Å². The number of rotatable bonds is 8. The van der Waals surface area contributed by atoms with Crippen LogP contribution >= 0.6 is 0 Å². The van der Waals surface area contributed by atoms with Gasteiger partial charge in [-0.3, -0.25) is 4.99 Å². The number of esters is 1. The number of hydrogen-bond acceptors (Lipinski definition) is 5. The molecule has 0 unspecified atom stereocenters. The largest absolute Gasteiger partial charge is 0.497 e. The third kappa shape index (κ3) is 6.67. The van der Waals surface area contributed by atoms with Gasteiger partial charge in [0, 0.05) is 6.21 Å². The minimum atomic E-state index is -0.375. The quantitative estimate of drug-likeness (QED) is 0.543. The van der Waals surface area contributed by atoms with Crippen LogP contribution in [0.5, 0.6) is 11.5 Å². The van der Waals surface area contributed by atoms with Crippen LogP contribution in [0.2, 0.25) is 0 Å². The molecule has 132 valence electrons. The van der Waals surface area contributed by atoms with E-state index in [1.807, 2.05) is 36.4 Å². The van der Waals surface area contributed by atoms with Gasteiger partial charge in [-0.2, -0.15) is 0 Å². The summed E-state index contributed by atoms with van der Waals surface area (Å²) in [6.07, 6.45) is 1.67. The van der Waals surface area contributed by atoms with Crippen LogP contribution in [0, 0.1) is 0 Å². The lowest BCUT2D eigenvalue weighted by molar-refractivity contribution is -0.149. The van der Waals surface area contributed by atoms with E-state index in [0.29, 0.717) is 12.3 Å². The molecule has 0 aromatic heterocycles. The molecule has 5 nitrogen and oxygen atoms in total. The summed E-state index contributed by atoms with van der Waals surface area (Å²) in [6.45, 7) is 4.11. The highest BCUT2D eigenvalue weighted by atomic mass is 16.6. The van der Waals surface area contributed by atoms with E-state index < -0.39 is 0 Å². The van der Waals surface area contributed by atoms with E-state index >= 15 is 0 Å². The molecule has 0 atom stereocenters. The Morgan fingerprint density at radius 1 is 1.04 bits per heavy atom. The number of benzene rings is 2.